The number of aliphatic hydroxyl groups is 1. The van der Waals surface area contributed by atoms with Gasteiger partial charge in [0.05, 0.1) is 32.6 Å². The zero-order valence-corrected chi connectivity index (χ0v) is 10.2. The maximum atomic E-state index is 11.4. The minimum Gasteiger partial charge on any atom is -0.481 e. The molecule has 1 rings (SSSR count). The Morgan fingerprint density at radius 3 is 2.24 bits per heavy atom. The van der Waals surface area contributed by atoms with Gasteiger partial charge in [-0.2, -0.15) is 9.97 Å². The normalized spacial score (nSPS) is 11.0. The minimum atomic E-state index is -3.67. The maximum Gasteiger partial charge on any atom is 0.243 e. The lowest BCUT2D eigenvalue weighted by Crippen LogP contribution is -2.20. The van der Waals surface area contributed by atoms with Crippen molar-refractivity contribution >= 4 is 16.0 Å². The fraction of sp³-hybridized carbons (Fsp3) is 0.500. The van der Waals surface area contributed by atoms with Gasteiger partial charge in [-0.3, -0.25) is 4.72 Å². The van der Waals surface area contributed by atoms with Crippen molar-refractivity contribution in [3.8, 4) is 11.8 Å². The summed E-state index contributed by atoms with van der Waals surface area (Å²) >= 11 is 0. The van der Waals surface area contributed by atoms with Crippen molar-refractivity contribution in [2.45, 2.75) is 0 Å². The molecule has 1 aromatic heterocycles. The van der Waals surface area contributed by atoms with Crippen molar-refractivity contribution in [1.29, 1.82) is 0 Å². The third-order valence-electron chi connectivity index (χ3n) is 1.70. The molecule has 0 atom stereocenters. The standard InChI is InChI=1S/C8H13N3O5S/c1-15-6-5-7(16-2)10-8(9-6)11-17(13,14)4-3-12/h5,12H,3-4H2,1-2H3,(H,9,10,11). The van der Waals surface area contributed by atoms with Gasteiger partial charge in [0.2, 0.25) is 27.7 Å². The highest BCUT2D eigenvalue weighted by molar-refractivity contribution is 7.92. The lowest BCUT2D eigenvalue weighted by molar-refractivity contribution is 0.320. The Balaban J connectivity index is 2.98. The average Bonchev–Trinajstić information content (AvgIpc) is 2.27. The topological polar surface area (TPSA) is 111 Å². The number of hydrogen-bond acceptors (Lipinski definition) is 7. The Hall–Kier alpha value is -1.61. The van der Waals surface area contributed by atoms with Gasteiger partial charge in [-0.1, -0.05) is 0 Å². The molecule has 0 amide bonds. The van der Waals surface area contributed by atoms with Gasteiger partial charge in [-0.15, -0.1) is 0 Å². The number of sulfonamides is 1. The number of ether oxygens (including phenoxy) is 2. The quantitative estimate of drug-likeness (QED) is 0.693. The molecule has 1 aromatic rings. The second-order valence-electron chi connectivity index (χ2n) is 2.92. The van der Waals surface area contributed by atoms with Crippen molar-refractivity contribution < 1.29 is 23.0 Å². The van der Waals surface area contributed by atoms with Crippen molar-refractivity contribution in [3.05, 3.63) is 6.07 Å². The van der Waals surface area contributed by atoms with Crippen LogP contribution in [0.1, 0.15) is 0 Å². The van der Waals surface area contributed by atoms with Crippen LogP contribution in [0.25, 0.3) is 0 Å². The van der Waals surface area contributed by atoms with E-state index in [1.807, 2.05) is 0 Å². The number of nitrogens with zero attached hydrogens (tertiary/aromatic N) is 2. The summed E-state index contributed by atoms with van der Waals surface area (Å²) < 4.78 is 34.5. The van der Waals surface area contributed by atoms with E-state index < -0.39 is 22.4 Å². The molecule has 0 aliphatic heterocycles. The first-order chi connectivity index (χ1) is 8.00. The Morgan fingerprint density at radius 1 is 1.29 bits per heavy atom. The summed E-state index contributed by atoms with van der Waals surface area (Å²) in [6, 6.07) is 1.41. The molecule has 0 aliphatic carbocycles. The van der Waals surface area contributed by atoms with E-state index in [-0.39, 0.29) is 17.7 Å². The van der Waals surface area contributed by atoms with E-state index in [0.717, 1.165) is 0 Å². The van der Waals surface area contributed by atoms with Crippen molar-refractivity contribution in [3.63, 3.8) is 0 Å². The van der Waals surface area contributed by atoms with Crippen molar-refractivity contribution in [2.24, 2.45) is 0 Å². The maximum absolute atomic E-state index is 11.4. The van der Waals surface area contributed by atoms with E-state index in [0.29, 0.717) is 0 Å². The van der Waals surface area contributed by atoms with Crippen LogP contribution in [0, 0.1) is 0 Å². The lowest BCUT2D eigenvalue weighted by Gasteiger charge is -2.08. The molecular formula is C8H13N3O5S. The van der Waals surface area contributed by atoms with Gasteiger partial charge in [0, 0.05) is 0 Å². The van der Waals surface area contributed by atoms with Gasteiger partial charge in [0.1, 0.15) is 0 Å². The van der Waals surface area contributed by atoms with Crippen LogP contribution >= 0.6 is 0 Å². The van der Waals surface area contributed by atoms with Crippen LogP contribution in [-0.4, -0.2) is 50.1 Å². The summed E-state index contributed by atoms with van der Waals surface area (Å²) in [6.45, 7) is -0.490. The predicted molar refractivity (Wildman–Crippen MR) is 59.6 cm³/mol. The van der Waals surface area contributed by atoms with Crippen molar-refractivity contribution in [2.75, 3.05) is 31.3 Å². The lowest BCUT2D eigenvalue weighted by atomic mass is 10.6. The summed E-state index contributed by atoms with van der Waals surface area (Å²) in [5, 5.41) is 8.57. The van der Waals surface area contributed by atoms with Gasteiger partial charge in [0.25, 0.3) is 0 Å². The van der Waals surface area contributed by atoms with Gasteiger partial charge >= 0.3 is 0 Å². The summed E-state index contributed by atoms with van der Waals surface area (Å²) in [5.74, 6) is -0.276. The first kappa shape index (κ1) is 13.5. The van der Waals surface area contributed by atoms with Crippen LogP contribution in [0.15, 0.2) is 6.07 Å². The fourth-order valence-electron chi connectivity index (χ4n) is 0.969. The molecule has 0 saturated carbocycles. The minimum absolute atomic E-state index is 0.165. The highest BCUT2D eigenvalue weighted by atomic mass is 32.2. The summed E-state index contributed by atoms with van der Waals surface area (Å²) in [4.78, 5) is 7.56. The number of hydrogen-bond donors (Lipinski definition) is 2. The van der Waals surface area contributed by atoms with Crippen LogP contribution in [0.3, 0.4) is 0 Å². The molecule has 1 heterocycles. The second kappa shape index (κ2) is 5.64. The highest BCUT2D eigenvalue weighted by Crippen LogP contribution is 2.17. The van der Waals surface area contributed by atoms with E-state index in [9.17, 15) is 8.42 Å². The monoisotopic (exact) mass is 263 g/mol. The van der Waals surface area contributed by atoms with E-state index in [2.05, 4.69) is 14.7 Å². The van der Waals surface area contributed by atoms with Crippen LogP contribution in [0.2, 0.25) is 0 Å². The SMILES string of the molecule is COc1cc(OC)nc(NS(=O)(=O)CCO)n1. The van der Waals surface area contributed by atoms with E-state index in [1.165, 1.54) is 20.3 Å². The third kappa shape index (κ3) is 4.04. The molecule has 2 N–H and O–H groups in total. The average molecular weight is 263 g/mol. The van der Waals surface area contributed by atoms with Gasteiger partial charge in [0.15, 0.2) is 0 Å². The van der Waals surface area contributed by atoms with Gasteiger partial charge in [-0.25, -0.2) is 8.42 Å². The molecule has 0 fully saturated rings. The number of anilines is 1. The number of aromatic nitrogens is 2. The van der Waals surface area contributed by atoms with E-state index in [1.54, 1.807) is 0 Å². The Labute approximate surface area is 98.7 Å². The zero-order valence-electron chi connectivity index (χ0n) is 9.37. The molecule has 9 heteroatoms. The first-order valence-electron chi connectivity index (χ1n) is 4.59. The van der Waals surface area contributed by atoms with Gasteiger partial charge in [-0.05, 0) is 0 Å². The van der Waals surface area contributed by atoms with Gasteiger partial charge < -0.3 is 14.6 Å². The molecule has 0 aromatic carbocycles. The molecular weight excluding hydrogens is 250 g/mol. The van der Waals surface area contributed by atoms with Crippen LogP contribution in [-0.2, 0) is 10.0 Å². The number of rotatable bonds is 6. The molecule has 0 unspecified atom stereocenters. The van der Waals surface area contributed by atoms with Crippen LogP contribution < -0.4 is 14.2 Å². The van der Waals surface area contributed by atoms with Crippen molar-refractivity contribution in [1.82, 2.24) is 9.97 Å². The Bertz CT molecular complexity index is 454. The summed E-state index contributed by atoms with van der Waals surface area (Å²) in [5.41, 5.74) is 0. The zero-order chi connectivity index (χ0) is 12.9. The largest absolute Gasteiger partial charge is 0.481 e. The fourth-order valence-corrected chi connectivity index (χ4v) is 1.68. The molecule has 8 nitrogen and oxygen atoms in total. The molecule has 96 valence electrons. The molecule has 0 radical (unpaired) electrons. The molecule has 0 aliphatic rings. The molecule has 0 bridgehead atoms. The number of methoxy groups -OCH3 is 2. The second-order valence-corrected chi connectivity index (χ2v) is 4.76. The number of nitrogens with one attached hydrogen (secondary N) is 1. The highest BCUT2D eigenvalue weighted by Gasteiger charge is 2.13. The van der Waals surface area contributed by atoms with E-state index in [4.69, 9.17) is 14.6 Å². The van der Waals surface area contributed by atoms with Crippen LogP contribution in [0.4, 0.5) is 5.95 Å². The molecule has 17 heavy (non-hydrogen) atoms. The molecule has 0 spiro atoms. The Kier molecular flexibility index (Phi) is 4.46. The Morgan fingerprint density at radius 2 is 1.82 bits per heavy atom. The summed E-state index contributed by atoms with van der Waals surface area (Å²) in [6.07, 6.45) is 0. The summed E-state index contributed by atoms with van der Waals surface area (Å²) in [7, 11) is -0.905. The third-order valence-corrected chi connectivity index (χ3v) is 2.92. The predicted octanol–water partition coefficient (Wildman–Crippen LogP) is -0.772. The number of aliphatic hydroxyl groups excluding tert-OH is 1. The first-order valence-corrected chi connectivity index (χ1v) is 6.24. The van der Waals surface area contributed by atoms with E-state index >= 15 is 0 Å². The smallest absolute Gasteiger partial charge is 0.243 e. The van der Waals surface area contributed by atoms with Crippen LogP contribution in [0.5, 0.6) is 11.8 Å². The molecule has 0 saturated heterocycles.